The van der Waals surface area contributed by atoms with Crippen LogP contribution in [0.5, 0.6) is 0 Å². The van der Waals surface area contributed by atoms with Crippen molar-refractivity contribution in [3.05, 3.63) is 28.8 Å². The quantitative estimate of drug-likeness (QED) is 0.778. The molecule has 2 aliphatic heterocycles. The Morgan fingerprint density at radius 3 is 2.50 bits per heavy atom. The summed E-state index contributed by atoms with van der Waals surface area (Å²) in [5, 5.41) is 12.8. The van der Waals surface area contributed by atoms with E-state index in [1.165, 1.54) is 0 Å². The first-order valence-electron chi connectivity index (χ1n) is 7.53. The van der Waals surface area contributed by atoms with E-state index in [0.29, 0.717) is 23.6 Å². The van der Waals surface area contributed by atoms with E-state index in [1.807, 2.05) is 13.0 Å². The van der Waals surface area contributed by atoms with Crippen LogP contribution in [0.4, 0.5) is 5.69 Å². The average molecular weight is 323 g/mol. The van der Waals surface area contributed by atoms with Crippen LogP contribution < -0.4 is 5.32 Å². The van der Waals surface area contributed by atoms with Gasteiger partial charge in [0.05, 0.1) is 16.8 Å². The fourth-order valence-corrected chi connectivity index (χ4v) is 3.78. The largest absolute Gasteiger partial charge is 0.393 e. The van der Waals surface area contributed by atoms with Gasteiger partial charge in [-0.1, -0.05) is 17.7 Å². The number of carbonyl (C=O) groups excluding carboxylic acids is 2. The lowest BCUT2D eigenvalue weighted by atomic mass is 10.00. The molecule has 0 radical (unpaired) electrons. The maximum absolute atomic E-state index is 12.4. The van der Waals surface area contributed by atoms with Gasteiger partial charge >= 0.3 is 11.8 Å². The third kappa shape index (κ3) is 2.83. The third-order valence-corrected chi connectivity index (χ3v) is 4.82. The third-order valence-electron chi connectivity index (χ3n) is 4.51. The minimum Gasteiger partial charge on any atom is -0.393 e. The van der Waals surface area contributed by atoms with Crippen molar-refractivity contribution in [2.45, 2.75) is 50.8 Å². The fourth-order valence-electron chi connectivity index (χ4n) is 3.49. The number of hydrogen-bond donors (Lipinski definition) is 2. The number of rotatable bonds is 1. The Hall–Kier alpha value is -1.59. The van der Waals surface area contributed by atoms with Crippen LogP contribution >= 0.6 is 11.6 Å². The van der Waals surface area contributed by atoms with Crippen molar-refractivity contribution in [3.63, 3.8) is 0 Å². The monoisotopic (exact) mass is 322 g/mol. The van der Waals surface area contributed by atoms with Crippen molar-refractivity contribution >= 4 is 29.1 Å². The predicted octanol–water partition coefficient (Wildman–Crippen LogP) is 2.10. The number of aliphatic hydroxyl groups is 1. The lowest BCUT2D eigenvalue weighted by Crippen LogP contribution is -2.51. The Morgan fingerprint density at radius 1 is 1.27 bits per heavy atom. The minimum absolute atomic E-state index is 0.0273. The zero-order valence-corrected chi connectivity index (χ0v) is 13.1. The maximum atomic E-state index is 12.4. The number of piperidine rings is 1. The summed E-state index contributed by atoms with van der Waals surface area (Å²) in [5.41, 5.74) is 1.42. The number of hydrogen-bond acceptors (Lipinski definition) is 3. The van der Waals surface area contributed by atoms with E-state index in [0.717, 1.165) is 18.4 Å². The van der Waals surface area contributed by atoms with Crippen LogP contribution in [0.3, 0.4) is 0 Å². The Labute approximate surface area is 134 Å². The number of carbonyl (C=O) groups is 2. The molecule has 2 atom stereocenters. The highest BCUT2D eigenvalue weighted by Crippen LogP contribution is 2.36. The van der Waals surface area contributed by atoms with Gasteiger partial charge in [0.1, 0.15) is 0 Å². The van der Waals surface area contributed by atoms with Gasteiger partial charge in [0.25, 0.3) is 0 Å². The number of amides is 2. The first-order valence-corrected chi connectivity index (χ1v) is 7.91. The summed E-state index contributed by atoms with van der Waals surface area (Å²) in [6.45, 7) is 1.90. The minimum atomic E-state index is -0.668. The molecule has 6 heteroatoms. The first kappa shape index (κ1) is 15.3. The van der Waals surface area contributed by atoms with Gasteiger partial charge in [-0.2, -0.15) is 0 Å². The molecule has 1 aromatic carbocycles. The second-order valence-corrected chi connectivity index (χ2v) is 6.57. The molecule has 2 saturated heterocycles. The molecule has 2 bridgehead atoms. The van der Waals surface area contributed by atoms with Gasteiger partial charge in [-0.05, 0) is 50.3 Å². The Kier molecular flexibility index (Phi) is 4.10. The van der Waals surface area contributed by atoms with E-state index >= 15 is 0 Å². The van der Waals surface area contributed by atoms with E-state index in [9.17, 15) is 14.7 Å². The summed E-state index contributed by atoms with van der Waals surface area (Å²) in [5.74, 6) is -1.20. The summed E-state index contributed by atoms with van der Waals surface area (Å²) in [6, 6.07) is 5.20. The zero-order valence-electron chi connectivity index (χ0n) is 12.4. The Morgan fingerprint density at radius 2 is 1.91 bits per heavy atom. The van der Waals surface area contributed by atoms with Gasteiger partial charge in [0.15, 0.2) is 0 Å². The highest BCUT2D eigenvalue weighted by molar-refractivity contribution is 6.41. The summed E-state index contributed by atoms with van der Waals surface area (Å²) in [6.07, 6.45) is 2.45. The number of benzene rings is 1. The van der Waals surface area contributed by atoms with E-state index in [4.69, 9.17) is 11.6 Å². The van der Waals surface area contributed by atoms with Gasteiger partial charge in [-0.25, -0.2) is 0 Å². The van der Waals surface area contributed by atoms with Gasteiger partial charge in [0, 0.05) is 12.1 Å². The average Bonchev–Trinajstić information content (AvgIpc) is 2.73. The predicted molar refractivity (Wildman–Crippen MR) is 83.7 cm³/mol. The van der Waals surface area contributed by atoms with E-state index < -0.39 is 11.8 Å². The number of nitrogens with zero attached hydrogens (tertiary/aromatic N) is 1. The molecule has 0 aromatic heterocycles. The first-order chi connectivity index (χ1) is 10.5. The van der Waals surface area contributed by atoms with Gasteiger partial charge in [-0.15, -0.1) is 0 Å². The maximum Gasteiger partial charge on any atom is 0.313 e. The number of aryl methyl sites for hydroxylation is 1. The molecule has 22 heavy (non-hydrogen) atoms. The highest BCUT2D eigenvalue weighted by atomic mass is 35.5. The second kappa shape index (κ2) is 5.89. The summed E-state index contributed by atoms with van der Waals surface area (Å²) in [7, 11) is 0. The number of aliphatic hydroxyl groups excluding tert-OH is 1. The van der Waals surface area contributed by atoms with Crippen molar-refractivity contribution < 1.29 is 14.7 Å². The van der Waals surface area contributed by atoms with E-state index in [-0.39, 0.29) is 18.2 Å². The van der Waals surface area contributed by atoms with Crippen molar-refractivity contribution in [2.24, 2.45) is 0 Å². The molecule has 0 spiro atoms. The molecule has 2 heterocycles. The fraction of sp³-hybridized carbons (Fsp3) is 0.500. The lowest BCUT2D eigenvalue weighted by molar-refractivity contribution is -0.147. The molecule has 2 amide bonds. The summed E-state index contributed by atoms with van der Waals surface area (Å²) < 4.78 is 0. The Balaban J connectivity index is 1.71. The van der Waals surface area contributed by atoms with Gasteiger partial charge in [-0.3, -0.25) is 9.59 Å². The zero-order chi connectivity index (χ0) is 15.9. The van der Waals surface area contributed by atoms with Crippen molar-refractivity contribution in [1.82, 2.24) is 4.90 Å². The number of fused-ring (bicyclic) bond motifs is 2. The smallest absolute Gasteiger partial charge is 0.313 e. The molecule has 2 aliphatic rings. The normalized spacial score (nSPS) is 26.9. The SMILES string of the molecule is Cc1ccc(NC(=O)C(=O)N2C3CCC2CC(O)C3)c(Cl)c1. The number of nitrogens with one attached hydrogen (secondary N) is 1. The summed E-state index contributed by atoms with van der Waals surface area (Å²) in [4.78, 5) is 26.3. The van der Waals surface area contributed by atoms with Crippen LogP contribution in [0, 0.1) is 6.92 Å². The topological polar surface area (TPSA) is 69.6 Å². The Bertz CT molecular complexity index is 605. The van der Waals surface area contributed by atoms with Crippen molar-refractivity contribution in [2.75, 3.05) is 5.32 Å². The molecule has 3 rings (SSSR count). The van der Waals surface area contributed by atoms with Crippen LogP contribution in [-0.4, -0.2) is 40.0 Å². The molecular formula is C16H19ClN2O3. The van der Waals surface area contributed by atoms with E-state index in [1.54, 1.807) is 17.0 Å². The molecule has 2 N–H and O–H groups in total. The van der Waals surface area contributed by atoms with Crippen LogP contribution in [0.1, 0.15) is 31.2 Å². The van der Waals surface area contributed by atoms with Crippen LogP contribution in [0.25, 0.3) is 0 Å². The van der Waals surface area contributed by atoms with Gasteiger partial charge in [0.2, 0.25) is 0 Å². The summed E-state index contributed by atoms with van der Waals surface area (Å²) >= 11 is 6.08. The standard InChI is InChI=1S/C16H19ClN2O3/c1-9-2-5-14(13(17)6-9)18-15(21)16(22)19-10-3-4-11(19)8-12(20)7-10/h2,5-6,10-12,20H,3-4,7-8H2,1H3,(H,18,21). The van der Waals surface area contributed by atoms with Crippen molar-refractivity contribution in [1.29, 1.82) is 0 Å². The molecule has 0 aliphatic carbocycles. The van der Waals surface area contributed by atoms with Crippen LogP contribution in [-0.2, 0) is 9.59 Å². The molecule has 118 valence electrons. The van der Waals surface area contributed by atoms with Crippen LogP contribution in [0.2, 0.25) is 5.02 Å². The molecule has 2 unspecified atom stereocenters. The molecule has 0 saturated carbocycles. The van der Waals surface area contributed by atoms with Gasteiger partial charge < -0.3 is 15.3 Å². The molecule has 2 fully saturated rings. The lowest BCUT2D eigenvalue weighted by Gasteiger charge is -2.36. The van der Waals surface area contributed by atoms with Crippen LogP contribution in [0.15, 0.2) is 18.2 Å². The molecule has 5 nitrogen and oxygen atoms in total. The highest BCUT2D eigenvalue weighted by Gasteiger charge is 2.44. The van der Waals surface area contributed by atoms with E-state index in [2.05, 4.69) is 5.32 Å². The van der Waals surface area contributed by atoms with Crippen molar-refractivity contribution in [3.8, 4) is 0 Å². The molecule has 1 aromatic rings. The number of halogens is 1. The second-order valence-electron chi connectivity index (χ2n) is 6.16. The molecular weight excluding hydrogens is 304 g/mol. The number of anilines is 1.